The van der Waals surface area contributed by atoms with Crippen LogP contribution in [0.1, 0.15) is 31.7 Å². The van der Waals surface area contributed by atoms with Crippen LogP contribution in [0, 0.1) is 11.7 Å². The summed E-state index contributed by atoms with van der Waals surface area (Å²) in [5.41, 5.74) is 0.769. The Morgan fingerprint density at radius 1 is 1.23 bits per heavy atom. The van der Waals surface area contributed by atoms with E-state index in [4.69, 9.17) is 4.74 Å². The van der Waals surface area contributed by atoms with E-state index in [-0.39, 0.29) is 29.7 Å². The standard InChI is InChI=1S/C20H30F4N4O.HI/c1-3-29-18-5-4-16(12-17(18)21)13-27-19(25-2)26-9-6-15-7-10-28(11-8-15)14-20(22,23)24;/h4-5,12,15H,3,6-11,13-14H2,1-2H3,(H2,25,26,27);1H. The van der Waals surface area contributed by atoms with Gasteiger partial charge in [-0.25, -0.2) is 4.39 Å². The number of hydrogen-bond donors (Lipinski definition) is 2. The van der Waals surface area contributed by atoms with E-state index >= 15 is 0 Å². The summed E-state index contributed by atoms with van der Waals surface area (Å²) in [6, 6.07) is 4.83. The first kappa shape index (κ1) is 26.7. The van der Waals surface area contributed by atoms with E-state index in [9.17, 15) is 17.6 Å². The molecule has 0 atom stereocenters. The number of ether oxygens (including phenoxy) is 1. The van der Waals surface area contributed by atoms with Gasteiger partial charge in [-0.1, -0.05) is 6.07 Å². The molecule has 0 aromatic heterocycles. The van der Waals surface area contributed by atoms with Crippen molar-refractivity contribution in [2.75, 3.05) is 39.8 Å². The van der Waals surface area contributed by atoms with E-state index in [1.807, 2.05) is 0 Å². The topological polar surface area (TPSA) is 48.9 Å². The molecule has 2 rings (SSSR count). The van der Waals surface area contributed by atoms with E-state index in [1.54, 1.807) is 26.1 Å². The number of nitrogens with one attached hydrogen (secondary N) is 2. The lowest BCUT2D eigenvalue weighted by molar-refractivity contribution is -0.148. The molecule has 30 heavy (non-hydrogen) atoms. The Hall–Kier alpha value is -1.30. The van der Waals surface area contributed by atoms with Crippen molar-refractivity contribution in [3.05, 3.63) is 29.6 Å². The first-order chi connectivity index (χ1) is 13.8. The molecule has 2 N–H and O–H groups in total. The van der Waals surface area contributed by atoms with Crippen molar-refractivity contribution in [3.63, 3.8) is 0 Å². The number of hydrogen-bond acceptors (Lipinski definition) is 3. The number of benzene rings is 1. The zero-order chi connectivity index (χ0) is 21.3. The van der Waals surface area contributed by atoms with Crippen LogP contribution in [0.25, 0.3) is 0 Å². The smallest absolute Gasteiger partial charge is 0.401 e. The minimum absolute atomic E-state index is 0. The van der Waals surface area contributed by atoms with Crippen molar-refractivity contribution < 1.29 is 22.3 Å². The van der Waals surface area contributed by atoms with Gasteiger partial charge in [0.05, 0.1) is 13.2 Å². The van der Waals surface area contributed by atoms with E-state index in [0.717, 1.165) is 24.8 Å². The van der Waals surface area contributed by atoms with Gasteiger partial charge < -0.3 is 15.4 Å². The molecule has 5 nitrogen and oxygen atoms in total. The third-order valence-electron chi connectivity index (χ3n) is 4.93. The minimum Gasteiger partial charge on any atom is -0.491 e. The summed E-state index contributed by atoms with van der Waals surface area (Å²) >= 11 is 0. The zero-order valence-electron chi connectivity index (χ0n) is 17.4. The molecule has 0 aliphatic carbocycles. The summed E-state index contributed by atoms with van der Waals surface area (Å²) in [5, 5.41) is 6.34. The maximum Gasteiger partial charge on any atom is 0.401 e. The van der Waals surface area contributed by atoms with Crippen molar-refractivity contribution in [2.45, 2.75) is 38.9 Å². The maximum absolute atomic E-state index is 13.9. The van der Waals surface area contributed by atoms with E-state index in [1.165, 1.54) is 11.0 Å². The first-order valence-corrected chi connectivity index (χ1v) is 9.95. The molecule has 1 aromatic carbocycles. The number of halogens is 5. The predicted molar refractivity (Wildman–Crippen MR) is 121 cm³/mol. The van der Waals surface area contributed by atoms with Gasteiger partial charge in [0.1, 0.15) is 0 Å². The highest BCUT2D eigenvalue weighted by Gasteiger charge is 2.32. The van der Waals surface area contributed by atoms with Crippen LogP contribution in [-0.4, -0.2) is 56.9 Å². The Balaban J connectivity index is 0.00000450. The number of piperidine rings is 1. The van der Waals surface area contributed by atoms with Gasteiger partial charge in [-0.3, -0.25) is 9.89 Å². The van der Waals surface area contributed by atoms with Crippen LogP contribution in [0.5, 0.6) is 5.75 Å². The van der Waals surface area contributed by atoms with Gasteiger partial charge in [-0.2, -0.15) is 13.2 Å². The lowest BCUT2D eigenvalue weighted by Crippen LogP contribution is -2.41. The number of nitrogens with zero attached hydrogens (tertiary/aromatic N) is 2. The molecule has 1 aromatic rings. The summed E-state index contributed by atoms with van der Waals surface area (Å²) < 4.78 is 56.4. The summed E-state index contributed by atoms with van der Waals surface area (Å²) in [6.07, 6.45) is -1.71. The lowest BCUT2D eigenvalue weighted by atomic mass is 9.93. The fourth-order valence-corrected chi connectivity index (χ4v) is 3.41. The Morgan fingerprint density at radius 3 is 2.50 bits per heavy atom. The van der Waals surface area contributed by atoms with Crippen LogP contribution in [-0.2, 0) is 6.54 Å². The van der Waals surface area contributed by atoms with Crippen molar-refractivity contribution in [1.29, 1.82) is 0 Å². The molecular weight excluding hydrogens is 515 g/mol. The highest BCUT2D eigenvalue weighted by Crippen LogP contribution is 2.24. The number of rotatable bonds is 8. The molecule has 0 amide bonds. The van der Waals surface area contributed by atoms with Crippen LogP contribution in [0.15, 0.2) is 23.2 Å². The Bertz CT molecular complexity index is 665. The zero-order valence-corrected chi connectivity index (χ0v) is 19.7. The fraction of sp³-hybridized carbons (Fsp3) is 0.650. The molecule has 1 saturated heterocycles. The van der Waals surface area contributed by atoms with Crippen molar-refractivity contribution in [3.8, 4) is 5.75 Å². The number of guanidine groups is 1. The molecule has 0 spiro atoms. The van der Waals surface area contributed by atoms with Gasteiger partial charge in [0.2, 0.25) is 0 Å². The van der Waals surface area contributed by atoms with Crippen LogP contribution in [0.2, 0.25) is 0 Å². The van der Waals surface area contributed by atoms with E-state index < -0.39 is 18.5 Å². The van der Waals surface area contributed by atoms with Crippen LogP contribution in [0.4, 0.5) is 17.6 Å². The Labute approximate surface area is 192 Å². The van der Waals surface area contributed by atoms with Crippen LogP contribution >= 0.6 is 24.0 Å². The molecule has 0 saturated carbocycles. The monoisotopic (exact) mass is 546 g/mol. The SMILES string of the molecule is CCOc1ccc(CNC(=NC)NCCC2CCN(CC(F)(F)F)CC2)cc1F.I. The predicted octanol–water partition coefficient (Wildman–Crippen LogP) is 4.17. The second-order valence-corrected chi connectivity index (χ2v) is 7.17. The van der Waals surface area contributed by atoms with Crippen LogP contribution < -0.4 is 15.4 Å². The highest BCUT2D eigenvalue weighted by molar-refractivity contribution is 14.0. The number of likely N-dealkylation sites (tertiary alicyclic amines) is 1. The molecule has 0 unspecified atom stereocenters. The normalized spacial score (nSPS) is 16.1. The molecule has 0 radical (unpaired) electrons. The third kappa shape index (κ3) is 9.67. The summed E-state index contributed by atoms with van der Waals surface area (Å²) in [4.78, 5) is 5.62. The average Bonchev–Trinajstić information content (AvgIpc) is 2.66. The van der Waals surface area contributed by atoms with Gasteiger partial charge in [0, 0.05) is 20.1 Å². The molecule has 1 aliphatic rings. The average molecular weight is 546 g/mol. The Morgan fingerprint density at radius 2 is 1.93 bits per heavy atom. The minimum atomic E-state index is -4.13. The molecular formula is C20H31F4IN4O. The second-order valence-electron chi connectivity index (χ2n) is 7.17. The van der Waals surface area contributed by atoms with Crippen LogP contribution in [0.3, 0.4) is 0 Å². The molecule has 1 heterocycles. The maximum atomic E-state index is 13.9. The lowest BCUT2D eigenvalue weighted by Gasteiger charge is -2.32. The molecule has 172 valence electrons. The molecule has 10 heteroatoms. The molecule has 1 fully saturated rings. The summed E-state index contributed by atoms with van der Waals surface area (Å²) in [5.74, 6) is 0.852. The quantitative estimate of drug-likeness (QED) is 0.223. The molecule has 1 aliphatic heterocycles. The fourth-order valence-electron chi connectivity index (χ4n) is 3.41. The second kappa shape index (κ2) is 13.2. The van der Waals surface area contributed by atoms with Crippen molar-refractivity contribution >= 4 is 29.9 Å². The third-order valence-corrected chi connectivity index (χ3v) is 4.93. The van der Waals surface area contributed by atoms with E-state index in [0.29, 0.717) is 44.7 Å². The van der Waals surface area contributed by atoms with E-state index in [2.05, 4.69) is 15.6 Å². The highest BCUT2D eigenvalue weighted by atomic mass is 127. The number of alkyl halides is 3. The first-order valence-electron chi connectivity index (χ1n) is 9.95. The summed E-state index contributed by atoms with van der Waals surface area (Å²) in [7, 11) is 1.66. The largest absolute Gasteiger partial charge is 0.491 e. The summed E-state index contributed by atoms with van der Waals surface area (Å²) in [6.45, 7) is 3.46. The number of aliphatic imine (C=N–C) groups is 1. The Kier molecular flexibility index (Phi) is 11.7. The van der Waals surface area contributed by atoms with Gasteiger partial charge >= 0.3 is 6.18 Å². The van der Waals surface area contributed by atoms with Gasteiger partial charge in [-0.15, -0.1) is 24.0 Å². The molecule has 0 bridgehead atoms. The van der Waals surface area contributed by atoms with Crippen molar-refractivity contribution in [2.24, 2.45) is 10.9 Å². The van der Waals surface area contributed by atoms with Crippen molar-refractivity contribution in [1.82, 2.24) is 15.5 Å². The van der Waals surface area contributed by atoms with Gasteiger partial charge in [-0.05, 0) is 62.9 Å². The van der Waals surface area contributed by atoms with Gasteiger partial charge in [0.15, 0.2) is 17.5 Å². The van der Waals surface area contributed by atoms with Gasteiger partial charge in [0.25, 0.3) is 0 Å².